The Morgan fingerprint density at radius 3 is 2.40 bits per heavy atom. The summed E-state index contributed by atoms with van der Waals surface area (Å²) in [7, 11) is 2.14. The van der Waals surface area contributed by atoms with Crippen LogP contribution in [-0.2, 0) is 0 Å². The van der Waals surface area contributed by atoms with E-state index >= 15 is 0 Å². The number of tetrazole rings is 1. The molecule has 0 unspecified atom stereocenters. The molecule has 2 rings (SSSR count). The summed E-state index contributed by atoms with van der Waals surface area (Å²) in [6, 6.07) is 0.314. The maximum Gasteiger partial charge on any atom is 0.245 e. The van der Waals surface area contributed by atoms with Crippen LogP contribution < -0.4 is 4.90 Å². The largest absolute Gasteiger partial charge is 0.337 e. The highest BCUT2D eigenvalue weighted by molar-refractivity contribution is 5.29. The van der Waals surface area contributed by atoms with E-state index in [0.29, 0.717) is 6.04 Å². The van der Waals surface area contributed by atoms with Crippen molar-refractivity contribution in [3.8, 4) is 0 Å². The van der Waals surface area contributed by atoms with Crippen LogP contribution in [0.2, 0.25) is 0 Å². The number of likely N-dealkylation sites (N-methyl/N-ethyl adjacent to an activating group) is 1. The fourth-order valence-electron chi connectivity index (χ4n) is 1.74. The Morgan fingerprint density at radius 2 is 1.80 bits per heavy atom. The number of anilines is 1. The van der Waals surface area contributed by atoms with Crippen molar-refractivity contribution in [3.05, 3.63) is 0 Å². The first kappa shape index (κ1) is 10.4. The molecule has 0 N–H and O–H groups in total. The van der Waals surface area contributed by atoms with Gasteiger partial charge in [-0.05, 0) is 31.3 Å². The first-order valence-corrected chi connectivity index (χ1v) is 5.40. The molecule has 0 radical (unpaired) electrons. The van der Waals surface area contributed by atoms with Gasteiger partial charge in [-0.1, -0.05) is 5.10 Å². The van der Waals surface area contributed by atoms with Crippen molar-refractivity contribution in [1.29, 1.82) is 0 Å². The van der Waals surface area contributed by atoms with E-state index in [4.69, 9.17) is 0 Å². The number of rotatable bonds is 2. The van der Waals surface area contributed by atoms with Gasteiger partial charge in [-0.3, -0.25) is 0 Å². The van der Waals surface area contributed by atoms with Crippen LogP contribution in [0.5, 0.6) is 0 Å². The highest BCUT2D eigenvalue weighted by Gasteiger charge is 2.20. The van der Waals surface area contributed by atoms with Crippen LogP contribution in [0.1, 0.15) is 19.9 Å². The topological polar surface area (TPSA) is 50.1 Å². The first-order chi connectivity index (χ1) is 7.18. The molecule has 15 heavy (non-hydrogen) atoms. The minimum absolute atomic E-state index is 0.314. The Morgan fingerprint density at radius 1 is 1.13 bits per heavy atom. The second-order valence-electron chi connectivity index (χ2n) is 4.31. The number of aromatic nitrogens is 4. The summed E-state index contributed by atoms with van der Waals surface area (Å²) in [5.74, 6) is 0.901. The Bertz CT molecular complexity index is 312. The van der Waals surface area contributed by atoms with Crippen molar-refractivity contribution < 1.29 is 0 Å². The maximum absolute atomic E-state index is 4.10. The van der Waals surface area contributed by atoms with E-state index in [9.17, 15) is 0 Å². The lowest BCUT2D eigenvalue weighted by atomic mass is 10.3. The molecule has 1 aliphatic heterocycles. The van der Waals surface area contributed by atoms with Crippen LogP contribution in [0.4, 0.5) is 5.95 Å². The first-order valence-electron chi connectivity index (χ1n) is 5.40. The van der Waals surface area contributed by atoms with Crippen LogP contribution in [0.3, 0.4) is 0 Å². The lowest BCUT2D eigenvalue weighted by Gasteiger charge is -2.32. The summed E-state index contributed by atoms with van der Waals surface area (Å²) >= 11 is 0. The minimum atomic E-state index is 0.314. The third-order valence-electron chi connectivity index (χ3n) is 2.75. The zero-order valence-electron chi connectivity index (χ0n) is 9.59. The second-order valence-corrected chi connectivity index (χ2v) is 4.31. The van der Waals surface area contributed by atoms with E-state index in [1.54, 1.807) is 0 Å². The molecule has 1 saturated heterocycles. The average molecular weight is 210 g/mol. The van der Waals surface area contributed by atoms with Gasteiger partial charge in [0.2, 0.25) is 5.95 Å². The van der Waals surface area contributed by atoms with Gasteiger partial charge in [0.15, 0.2) is 0 Å². The fraction of sp³-hybridized carbons (Fsp3) is 0.889. The van der Waals surface area contributed by atoms with Crippen molar-refractivity contribution in [2.45, 2.75) is 19.9 Å². The lowest BCUT2D eigenvalue weighted by molar-refractivity contribution is 0.308. The molecule has 1 fully saturated rings. The molecule has 0 atom stereocenters. The Balaban J connectivity index is 2.12. The Labute approximate surface area is 89.8 Å². The van der Waals surface area contributed by atoms with Crippen LogP contribution in [-0.4, -0.2) is 58.3 Å². The standard InChI is InChI=1S/C9H18N6/c1-8(2)15-9(10-11-12-15)14-6-4-13(3)5-7-14/h8H,4-7H2,1-3H3. The number of hydrogen-bond donors (Lipinski definition) is 0. The summed E-state index contributed by atoms with van der Waals surface area (Å²) < 4.78 is 1.88. The molecule has 6 nitrogen and oxygen atoms in total. The average Bonchev–Trinajstić information content (AvgIpc) is 2.67. The monoisotopic (exact) mass is 210 g/mol. The fourth-order valence-corrected chi connectivity index (χ4v) is 1.74. The van der Waals surface area contributed by atoms with Crippen LogP contribution in [0, 0.1) is 0 Å². The Hall–Kier alpha value is -1.17. The highest BCUT2D eigenvalue weighted by atomic mass is 15.6. The molecule has 1 aromatic rings. The van der Waals surface area contributed by atoms with E-state index < -0.39 is 0 Å². The zero-order valence-corrected chi connectivity index (χ0v) is 9.59. The van der Waals surface area contributed by atoms with Crippen LogP contribution in [0.15, 0.2) is 0 Å². The van der Waals surface area contributed by atoms with E-state index in [1.807, 2.05) is 4.68 Å². The molecule has 1 aliphatic rings. The quantitative estimate of drug-likeness (QED) is 0.688. The van der Waals surface area contributed by atoms with E-state index in [0.717, 1.165) is 32.1 Å². The molecular formula is C9H18N6. The summed E-state index contributed by atoms with van der Waals surface area (Å²) in [6.45, 7) is 8.34. The summed E-state index contributed by atoms with van der Waals surface area (Å²) in [5, 5.41) is 11.9. The third kappa shape index (κ3) is 2.09. The highest BCUT2D eigenvalue weighted by Crippen LogP contribution is 2.15. The summed E-state index contributed by atoms with van der Waals surface area (Å²) in [6.07, 6.45) is 0. The van der Waals surface area contributed by atoms with Crippen molar-refractivity contribution >= 4 is 5.95 Å². The normalized spacial score (nSPS) is 18.8. The third-order valence-corrected chi connectivity index (χ3v) is 2.75. The predicted molar refractivity (Wildman–Crippen MR) is 57.9 cm³/mol. The number of hydrogen-bond acceptors (Lipinski definition) is 5. The molecule has 0 aromatic carbocycles. The van der Waals surface area contributed by atoms with E-state index in [-0.39, 0.29) is 0 Å². The molecule has 0 spiro atoms. The van der Waals surface area contributed by atoms with Gasteiger partial charge in [0.25, 0.3) is 0 Å². The predicted octanol–water partition coefficient (Wildman–Crippen LogP) is 0.00580. The van der Waals surface area contributed by atoms with Gasteiger partial charge in [0, 0.05) is 26.2 Å². The summed E-state index contributed by atoms with van der Waals surface area (Å²) in [4.78, 5) is 4.57. The van der Waals surface area contributed by atoms with Gasteiger partial charge in [-0.25, -0.2) is 4.68 Å². The molecule has 84 valence electrons. The van der Waals surface area contributed by atoms with Gasteiger partial charge in [-0.2, -0.15) is 0 Å². The van der Waals surface area contributed by atoms with Gasteiger partial charge in [0.05, 0.1) is 6.04 Å². The Kier molecular flexibility index (Phi) is 2.86. The lowest BCUT2D eigenvalue weighted by Crippen LogP contribution is -2.45. The van der Waals surface area contributed by atoms with Gasteiger partial charge < -0.3 is 9.80 Å². The van der Waals surface area contributed by atoms with Gasteiger partial charge >= 0.3 is 0 Å². The zero-order chi connectivity index (χ0) is 10.8. The van der Waals surface area contributed by atoms with Gasteiger partial charge in [-0.15, -0.1) is 0 Å². The SMILES string of the molecule is CC(C)n1nnnc1N1CCN(C)CC1. The molecule has 0 amide bonds. The van der Waals surface area contributed by atoms with E-state index in [1.165, 1.54) is 0 Å². The number of nitrogens with zero attached hydrogens (tertiary/aromatic N) is 6. The van der Waals surface area contributed by atoms with Crippen molar-refractivity contribution in [2.24, 2.45) is 0 Å². The van der Waals surface area contributed by atoms with Crippen LogP contribution in [0.25, 0.3) is 0 Å². The van der Waals surface area contributed by atoms with Crippen LogP contribution >= 0.6 is 0 Å². The summed E-state index contributed by atoms with van der Waals surface area (Å²) in [5.41, 5.74) is 0. The maximum atomic E-state index is 4.10. The van der Waals surface area contributed by atoms with Crippen molar-refractivity contribution in [3.63, 3.8) is 0 Å². The molecule has 0 aliphatic carbocycles. The molecule has 2 heterocycles. The van der Waals surface area contributed by atoms with Crippen molar-refractivity contribution in [2.75, 3.05) is 38.1 Å². The molecule has 6 heteroatoms. The smallest absolute Gasteiger partial charge is 0.245 e. The molecule has 0 bridgehead atoms. The van der Waals surface area contributed by atoms with Crippen molar-refractivity contribution in [1.82, 2.24) is 25.1 Å². The number of piperazine rings is 1. The molecule has 1 aromatic heterocycles. The van der Waals surface area contributed by atoms with E-state index in [2.05, 4.69) is 46.2 Å². The van der Waals surface area contributed by atoms with Gasteiger partial charge in [0.1, 0.15) is 0 Å². The minimum Gasteiger partial charge on any atom is -0.337 e. The molecule has 0 saturated carbocycles. The molecular weight excluding hydrogens is 192 g/mol. The second kappa shape index (κ2) is 4.14.